The van der Waals surface area contributed by atoms with E-state index in [2.05, 4.69) is 4.98 Å². The van der Waals surface area contributed by atoms with Crippen LogP contribution in [0.25, 0.3) is 22.6 Å². The number of aromatic hydroxyl groups is 2. The van der Waals surface area contributed by atoms with Crippen LogP contribution in [0.1, 0.15) is 13.8 Å². The van der Waals surface area contributed by atoms with Gasteiger partial charge in [0.15, 0.2) is 5.58 Å². The Bertz CT molecular complexity index is 656. The van der Waals surface area contributed by atoms with Crippen LogP contribution in [-0.2, 0) is 0 Å². The Hall–Kier alpha value is -2.49. The van der Waals surface area contributed by atoms with Gasteiger partial charge >= 0.3 is 0 Å². The maximum atomic E-state index is 9.70. The number of benzene rings is 2. The van der Waals surface area contributed by atoms with Crippen LogP contribution in [0.2, 0.25) is 0 Å². The number of phenolic OH excluding ortho intramolecular Hbond substituents is 2. The molecule has 0 bridgehead atoms. The van der Waals surface area contributed by atoms with Crippen molar-refractivity contribution >= 4 is 11.1 Å². The second kappa shape index (κ2) is 5.44. The van der Waals surface area contributed by atoms with Gasteiger partial charge in [-0.25, -0.2) is 4.98 Å². The highest BCUT2D eigenvalue weighted by Crippen LogP contribution is 2.33. The molecule has 0 aliphatic rings. The van der Waals surface area contributed by atoms with E-state index >= 15 is 0 Å². The van der Waals surface area contributed by atoms with E-state index in [1.165, 1.54) is 18.2 Å². The summed E-state index contributed by atoms with van der Waals surface area (Å²) in [7, 11) is 0. The third-order valence-electron chi connectivity index (χ3n) is 2.50. The van der Waals surface area contributed by atoms with Gasteiger partial charge in [0, 0.05) is 0 Å². The van der Waals surface area contributed by atoms with Gasteiger partial charge in [-0.1, -0.05) is 26.0 Å². The molecule has 0 aliphatic heterocycles. The molecule has 0 saturated carbocycles. The van der Waals surface area contributed by atoms with Crippen molar-refractivity contribution in [2.45, 2.75) is 13.8 Å². The molecular weight excluding hydrogens is 242 g/mol. The van der Waals surface area contributed by atoms with Gasteiger partial charge in [0.2, 0.25) is 5.89 Å². The average Bonchev–Trinajstić information content (AvgIpc) is 2.87. The van der Waals surface area contributed by atoms with E-state index in [4.69, 9.17) is 4.42 Å². The minimum Gasteiger partial charge on any atom is -0.508 e. The highest BCUT2D eigenvalue weighted by atomic mass is 16.3. The van der Waals surface area contributed by atoms with Crippen molar-refractivity contribution in [3.63, 3.8) is 0 Å². The molecule has 19 heavy (non-hydrogen) atoms. The van der Waals surface area contributed by atoms with Crippen LogP contribution in [0, 0.1) is 0 Å². The molecule has 98 valence electrons. The van der Waals surface area contributed by atoms with Gasteiger partial charge in [-0.05, 0) is 30.3 Å². The first-order chi connectivity index (χ1) is 9.24. The first kappa shape index (κ1) is 13.0. The average molecular weight is 257 g/mol. The number of para-hydroxylation sites is 2. The van der Waals surface area contributed by atoms with Gasteiger partial charge in [-0.3, -0.25) is 0 Å². The van der Waals surface area contributed by atoms with Crippen molar-refractivity contribution < 1.29 is 14.6 Å². The highest BCUT2D eigenvalue weighted by molar-refractivity contribution is 5.77. The van der Waals surface area contributed by atoms with E-state index in [1.807, 2.05) is 32.0 Å². The first-order valence-corrected chi connectivity index (χ1v) is 6.12. The topological polar surface area (TPSA) is 66.5 Å². The molecule has 0 unspecified atom stereocenters. The van der Waals surface area contributed by atoms with Gasteiger partial charge in [-0.2, -0.15) is 0 Å². The molecule has 4 heteroatoms. The maximum Gasteiger partial charge on any atom is 0.231 e. The lowest BCUT2D eigenvalue weighted by atomic mass is 10.2. The number of hydrogen-bond acceptors (Lipinski definition) is 4. The molecule has 0 radical (unpaired) electrons. The first-order valence-electron chi connectivity index (χ1n) is 6.12. The molecule has 0 aliphatic carbocycles. The van der Waals surface area contributed by atoms with E-state index < -0.39 is 0 Å². The number of nitrogens with zero attached hydrogens (tertiary/aromatic N) is 1. The monoisotopic (exact) mass is 257 g/mol. The second-order valence-electron chi connectivity index (χ2n) is 3.69. The Morgan fingerprint density at radius 3 is 2.47 bits per heavy atom. The van der Waals surface area contributed by atoms with E-state index in [-0.39, 0.29) is 11.5 Å². The number of oxazole rings is 1. The summed E-state index contributed by atoms with van der Waals surface area (Å²) >= 11 is 0. The Labute approximate surface area is 111 Å². The molecule has 2 N–H and O–H groups in total. The summed E-state index contributed by atoms with van der Waals surface area (Å²) in [5, 5.41) is 19.1. The van der Waals surface area contributed by atoms with E-state index in [0.29, 0.717) is 22.6 Å². The van der Waals surface area contributed by atoms with Crippen LogP contribution in [0.5, 0.6) is 11.5 Å². The summed E-state index contributed by atoms with van der Waals surface area (Å²) < 4.78 is 5.51. The quantitative estimate of drug-likeness (QED) is 0.648. The normalized spacial score (nSPS) is 10.0. The van der Waals surface area contributed by atoms with E-state index in [9.17, 15) is 10.2 Å². The Kier molecular flexibility index (Phi) is 3.71. The smallest absolute Gasteiger partial charge is 0.231 e. The summed E-state index contributed by atoms with van der Waals surface area (Å²) in [6, 6.07) is 11.5. The molecule has 3 aromatic rings. The van der Waals surface area contributed by atoms with Crippen molar-refractivity contribution in [1.82, 2.24) is 4.98 Å². The molecule has 0 saturated heterocycles. The number of phenols is 2. The van der Waals surface area contributed by atoms with Crippen molar-refractivity contribution in [3.05, 3.63) is 42.5 Å². The molecule has 3 rings (SSSR count). The van der Waals surface area contributed by atoms with Crippen LogP contribution < -0.4 is 0 Å². The molecular formula is C15H15NO3. The SMILES string of the molecule is CC.Oc1ccc(O)c(-c2nc3ccccc3o2)c1. The largest absolute Gasteiger partial charge is 0.508 e. The van der Waals surface area contributed by atoms with Crippen molar-refractivity contribution in [3.8, 4) is 23.0 Å². The zero-order valence-electron chi connectivity index (χ0n) is 10.8. The summed E-state index contributed by atoms with van der Waals surface area (Å²) in [5.41, 5.74) is 1.73. The van der Waals surface area contributed by atoms with Crippen LogP contribution in [0.15, 0.2) is 46.9 Å². The van der Waals surface area contributed by atoms with Gasteiger partial charge in [0.05, 0.1) is 5.56 Å². The molecule has 4 nitrogen and oxygen atoms in total. The number of fused-ring (bicyclic) bond motifs is 1. The second-order valence-corrected chi connectivity index (χ2v) is 3.69. The Morgan fingerprint density at radius 2 is 1.74 bits per heavy atom. The summed E-state index contributed by atoms with van der Waals surface area (Å²) in [6.07, 6.45) is 0. The molecule has 0 amide bonds. The van der Waals surface area contributed by atoms with E-state index in [0.717, 1.165) is 0 Å². The standard InChI is InChI=1S/C13H9NO3.C2H6/c15-8-5-6-11(16)9(7-8)13-14-10-3-1-2-4-12(10)17-13;1-2/h1-7,15-16H;1-2H3. The van der Waals surface area contributed by atoms with Gasteiger partial charge in [0.1, 0.15) is 17.0 Å². The van der Waals surface area contributed by atoms with Crippen LogP contribution in [0.4, 0.5) is 0 Å². The zero-order valence-corrected chi connectivity index (χ0v) is 10.8. The van der Waals surface area contributed by atoms with Crippen LogP contribution in [0.3, 0.4) is 0 Å². The summed E-state index contributed by atoms with van der Waals surface area (Å²) in [6.45, 7) is 4.00. The summed E-state index contributed by atoms with van der Waals surface area (Å²) in [4.78, 5) is 4.25. The molecule has 0 spiro atoms. The third-order valence-corrected chi connectivity index (χ3v) is 2.50. The Balaban J connectivity index is 0.000000637. The number of aromatic nitrogens is 1. The van der Waals surface area contributed by atoms with Gasteiger partial charge in [-0.15, -0.1) is 0 Å². The highest BCUT2D eigenvalue weighted by Gasteiger charge is 2.12. The fourth-order valence-electron chi connectivity index (χ4n) is 1.68. The molecule has 1 heterocycles. The van der Waals surface area contributed by atoms with Gasteiger partial charge in [0.25, 0.3) is 0 Å². The van der Waals surface area contributed by atoms with Crippen LogP contribution in [-0.4, -0.2) is 15.2 Å². The molecule has 1 aromatic heterocycles. The van der Waals surface area contributed by atoms with Crippen molar-refractivity contribution in [2.75, 3.05) is 0 Å². The molecule has 0 atom stereocenters. The lowest BCUT2D eigenvalue weighted by Gasteiger charge is -1.99. The summed E-state index contributed by atoms with van der Waals surface area (Å²) in [5.74, 6) is 0.369. The van der Waals surface area contributed by atoms with Gasteiger partial charge < -0.3 is 14.6 Å². The lowest BCUT2D eigenvalue weighted by molar-refractivity contribution is 0.459. The van der Waals surface area contributed by atoms with Crippen molar-refractivity contribution in [1.29, 1.82) is 0 Å². The minimum absolute atomic E-state index is 0.0226. The minimum atomic E-state index is 0.0226. The lowest BCUT2D eigenvalue weighted by Crippen LogP contribution is -1.78. The predicted molar refractivity (Wildman–Crippen MR) is 74.1 cm³/mol. The Morgan fingerprint density at radius 1 is 1.00 bits per heavy atom. The fraction of sp³-hybridized carbons (Fsp3) is 0.133. The van der Waals surface area contributed by atoms with Crippen LogP contribution >= 0.6 is 0 Å². The third kappa shape index (κ3) is 2.52. The predicted octanol–water partition coefficient (Wildman–Crippen LogP) is 3.93. The molecule has 2 aromatic carbocycles. The number of rotatable bonds is 1. The maximum absolute atomic E-state index is 9.70. The zero-order chi connectivity index (χ0) is 13.8. The fourth-order valence-corrected chi connectivity index (χ4v) is 1.68. The molecule has 0 fully saturated rings. The van der Waals surface area contributed by atoms with E-state index in [1.54, 1.807) is 6.07 Å². The van der Waals surface area contributed by atoms with Crippen molar-refractivity contribution in [2.24, 2.45) is 0 Å². The number of hydrogen-bond donors (Lipinski definition) is 2.